The van der Waals surface area contributed by atoms with Crippen LogP contribution in [0.5, 0.6) is 17.2 Å². The van der Waals surface area contributed by atoms with Crippen LogP contribution in [0.15, 0.2) is 59.5 Å². The molecule has 4 rings (SSSR count). The molecule has 0 saturated heterocycles. The molecule has 4 aromatic rings. The zero-order valence-corrected chi connectivity index (χ0v) is 18.9. The van der Waals surface area contributed by atoms with Crippen molar-refractivity contribution >= 4 is 17.5 Å². The fourth-order valence-corrected chi connectivity index (χ4v) is 3.55. The molecule has 2 heterocycles. The first kappa shape index (κ1) is 22.7. The fourth-order valence-electron chi connectivity index (χ4n) is 3.55. The zero-order valence-electron chi connectivity index (χ0n) is 18.9. The molecule has 0 atom stereocenters. The number of methoxy groups -OCH3 is 3. The monoisotopic (exact) mass is 464 g/mol. The topological polar surface area (TPSA) is 99.8 Å². The lowest BCUT2D eigenvalue weighted by atomic mass is 10.0. The van der Waals surface area contributed by atoms with Gasteiger partial charge in [-0.15, -0.1) is 0 Å². The Morgan fingerprint density at radius 2 is 1.68 bits per heavy atom. The number of ether oxygens (including phenoxy) is 3. The number of rotatable bonds is 7. The third-order valence-electron chi connectivity index (χ3n) is 5.06. The fraction of sp³-hybridized carbons (Fsp3) is 0.167. The van der Waals surface area contributed by atoms with Crippen LogP contribution < -0.4 is 19.1 Å². The van der Waals surface area contributed by atoms with Gasteiger partial charge in [0.1, 0.15) is 17.8 Å². The Morgan fingerprint density at radius 3 is 2.21 bits per heavy atom. The Balaban J connectivity index is 1.97. The molecule has 0 fully saturated rings. The van der Waals surface area contributed by atoms with Crippen LogP contribution in [-0.2, 0) is 4.79 Å². The lowest BCUT2D eigenvalue weighted by Crippen LogP contribution is -2.23. The van der Waals surface area contributed by atoms with E-state index in [-0.39, 0.29) is 17.6 Å². The predicted molar refractivity (Wildman–Crippen MR) is 122 cm³/mol. The van der Waals surface area contributed by atoms with Crippen LogP contribution >= 0.6 is 0 Å². The quantitative estimate of drug-likeness (QED) is 0.390. The summed E-state index contributed by atoms with van der Waals surface area (Å²) in [7, 11) is 4.45. The minimum Gasteiger partial charge on any atom is -0.493 e. The Labute approximate surface area is 194 Å². The highest BCUT2D eigenvalue weighted by atomic mass is 19.1. The van der Waals surface area contributed by atoms with E-state index in [4.69, 9.17) is 18.7 Å². The summed E-state index contributed by atoms with van der Waals surface area (Å²) in [6, 6.07) is 10.7. The van der Waals surface area contributed by atoms with Gasteiger partial charge in [0.25, 0.3) is 0 Å². The number of amides is 1. The van der Waals surface area contributed by atoms with Crippen LogP contribution in [0.1, 0.15) is 6.92 Å². The third-order valence-corrected chi connectivity index (χ3v) is 5.06. The van der Waals surface area contributed by atoms with E-state index in [1.165, 1.54) is 51.6 Å². The average Bonchev–Trinajstić information content (AvgIpc) is 3.28. The van der Waals surface area contributed by atoms with Crippen molar-refractivity contribution in [1.29, 1.82) is 0 Å². The molecule has 0 N–H and O–H groups in total. The second-order valence-electron chi connectivity index (χ2n) is 7.05. The van der Waals surface area contributed by atoms with Gasteiger partial charge in [-0.3, -0.25) is 4.79 Å². The number of hydrogen-bond acceptors (Lipinski definition) is 8. The van der Waals surface area contributed by atoms with E-state index in [0.717, 1.165) is 0 Å². The normalized spacial score (nSPS) is 10.6. The first-order valence-electron chi connectivity index (χ1n) is 10.1. The summed E-state index contributed by atoms with van der Waals surface area (Å²) in [4.78, 5) is 22.5. The summed E-state index contributed by atoms with van der Waals surface area (Å²) in [5, 5.41) is 4.20. The highest BCUT2D eigenvalue weighted by molar-refractivity contribution is 6.03. The van der Waals surface area contributed by atoms with Gasteiger partial charge in [0, 0.05) is 30.8 Å². The smallest absolute Gasteiger partial charge is 0.248 e. The molecular formula is C24H21FN4O5. The van der Waals surface area contributed by atoms with Crippen LogP contribution in [0.25, 0.3) is 22.5 Å². The van der Waals surface area contributed by atoms with E-state index >= 15 is 0 Å². The van der Waals surface area contributed by atoms with Crippen molar-refractivity contribution in [3.05, 3.63) is 60.8 Å². The van der Waals surface area contributed by atoms with Crippen LogP contribution in [-0.4, -0.2) is 42.4 Å². The number of benzene rings is 2. The highest BCUT2D eigenvalue weighted by Gasteiger charge is 2.30. The molecule has 0 radical (unpaired) electrons. The molecular weight excluding hydrogens is 443 g/mol. The number of hydrogen-bond donors (Lipinski definition) is 0. The summed E-state index contributed by atoms with van der Waals surface area (Å²) in [5.74, 6) is 0.429. The maximum Gasteiger partial charge on any atom is 0.248 e. The van der Waals surface area contributed by atoms with Crippen molar-refractivity contribution in [2.75, 3.05) is 26.2 Å². The molecule has 0 aliphatic carbocycles. The number of carbonyl (C=O) groups excluding carboxylic acids is 1. The average molecular weight is 464 g/mol. The molecule has 10 heteroatoms. The molecule has 0 aliphatic rings. The standard InChI is InChI=1S/C24H21FN4O5/c1-14(30)29(17-11-19(31-2)23(33-4)20(12-17)32-3)24-21(18-9-10-26-13-27-18)22(28-34-24)15-5-7-16(25)8-6-15/h5-13H,1-4H3. The second-order valence-corrected chi connectivity index (χ2v) is 7.05. The molecule has 34 heavy (non-hydrogen) atoms. The Morgan fingerprint density at radius 1 is 1.00 bits per heavy atom. The minimum atomic E-state index is -0.390. The number of carbonyl (C=O) groups is 1. The summed E-state index contributed by atoms with van der Waals surface area (Å²) >= 11 is 0. The Kier molecular flexibility index (Phi) is 6.39. The molecule has 0 spiro atoms. The zero-order chi connectivity index (χ0) is 24.2. The third kappa shape index (κ3) is 4.13. The van der Waals surface area contributed by atoms with Gasteiger partial charge in [-0.05, 0) is 30.3 Å². The summed E-state index contributed by atoms with van der Waals surface area (Å²) in [5.41, 5.74) is 2.24. The molecule has 2 aromatic heterocycles. The van der Waals surface area contributed by atoms with Crippen molar-refractivity contribution in [2.45, 2.75) is 6.92 Å². The molecule has 0 aliphatic heterocycles. The van der Waals surface area contributed by atoms with Gasteiger partial charge in [0.05, 0.1) is 38.3 Å². The van der Waals surface area contributed by atoms with Gasteiger partial charge in [0.2, 0.25) is 17.5 Å². The maximum absolute atomic E-state index is 13.5. The van der Waals surface area contributed by atoms with Crippen LogP contribution in [0.3, 0.4) is 0 Å². The summed E-state index contributed by atoms with van der Waals surface area (Å²) in [6.07, 6.45) is 2.93. The van der Waals surface area contributed by atoms with Crippen LogP contribution in [0.4, 0.5) is 16.0 Å². The predicted octanol–water partition coefficient (Wildman–Crippen LogP) is 4.65. The maximum atomic E-state index is 13.5. The lowest BCUT2D eigenvalue weighted by Gasteiger charge is -2.22. The number of aromatic nitrogens is 3. The SMILES string of the molecule is COc1cc(N(C(C)=O)c2onc(-c3ccc(F)cc3)c2-c2ccncn2)cc(OC)c1OC. The Bertz CT molecular complexity index is 1280. The van der Waals surface area contributed by atoms with Gasteiger partial charge in [-0.1, -0.05) is 5.16 Å². The largest absolute Gasteiger partial charge is 0.493 e. The van der Waals surface area contributed by atoms with E-state index < -0.39 is 0 Å². The van der Waals surface area contributed by atoms with Crippen molar-refractivity contribution < 1.29 is 27.9 Å². The van der Waals surface area contributed by atoms with Gasteiger partial charge < -0.3 is 18.7 Å². The van der Waals surface area contributed by atoms with Crippen molar-refractivity contribution in [2.24, 2.45) is 0 Å². The minimum absolute atomic E-state index is 0.111. The van der Waals surface area contributed by atoms with Crippen molar-refractivity contribution in [1.82, 2.24) is 15.1 Å². The van der Waals surface area contributed by atoms with E-state index in [1.54, 1.807) is 36.5 Å². The first-order chi connectivity index (χ1) is 16.5. The van der Waals surface area contributed by atoms with Gasteiger partial charge in [-0.25, -0.2) is 19.3 Å². The van der Waals surface area contributed by atoms with E-state index in [0.29, 0.717) is 45.5 Å². The number of nitrogens with zero attached hydrogens (tertiary/aromatic N) is 4. The van der Waals surface area contributed by atoms with E-state index in [1.807, 2.05) is 0 Å². The molecule has 174 valence electrons. The van der Waals surface area contributed by atoms with E-state index in [2.05, 4.69) is 15.1 Å². The molecule has 2 aromatic carbocycles. The summed E-state index contributed by atoms with van der Waals surface area (Å²) < 4.78 is 35.5. The highest BCUT2D eigenvalue weighted by Crippen LogP contribution is 2.46. The van der Waals surface area contributed by atoms with Gasteiger partial charge >= 0.3 is 0 Å². The van der Waals surface area contributed by atoms with Crippen LogP contribution in [0.2, 0.25) is 0 Å². The molecule has 0 unspecified atom stereocenters. The second kappa shape index (κ2) is 9.57. The van der Waals surface area contributed by atoms with Crippen molar-refractivity contribution in [3.8, 4) is 39.8 Å². The molecule has 9 nitrogen and oxygen atoms in total. The van der Waals surface area contributed by atoms with Gasteiger partial charge in [-0.2, -0.15) is 0 Å². The van der Waals surface area contributed by atoms with Crippen LogP contribution in [0, 0.1) is 5.82 Å². The first-order valence-corrected chi connectivity index (χ1v) is 10.1. The number of halogens is 1. The van der Waals surface area contributed by atoms with E-state index in [9.17, 15) is 9.18 Å². The molecule has 0 bridgehead atoms. The lowest BCUT2D eigenvalue weighted by molar-refractivity contribution is -0.116. The molecule has 1 amide bonds. The Hall–Kier alpha value is -4.47. The summed E-state index contributed by atoms with van der Waals surface area (Å²) in [6.45, 7) is 1.38. The molecule has 0 saturated carbocycles. The van der Waals surface area contributed by atoms with Crippen molar-refractivity contribution in [3.63, 3.8) is 0 Å². The van der Waals surface area contributed by atoms with Gasteiger partial charge in [0.15, 0.2) is 11.5 Å². The number of anilines is 2.